The molecule has 2 N–H and O–H groups in total. The van der Waals surface area contributed by atoms with Crippen molar-refractivity contribution in [2.75, 3.05) is 17.1 Å². The summed E-state index contributed by atoms with van der Waals surface area (Å²) >= 11 is 0. The number of nitrogens with one attached hydrogen (secondary N) is 2. The van der Waals surface area contributed by atoms with Crippen molar-refractivity contribution in [3.05, 3.63) is 52.6 Å². The van der Waals surface area contributed by atoms with E-state index in [1.807, 2.05) is 0 Å². The third-order valence-corrected chi connectivity index (χ3v) is 6.19. The van der Waals surface area contributed by atoms with Gasteiger partial charge in [-0.1, -0.05) is 31.4 Å². The van der Waals surface area contributed by atoms with Gasteiger partial charge in [-0.05, 0) is 31.0 Å². The summed E-state index contributed by atoms with van der Waals surface area (Å²) in [5.74, 6) is 0.360. The summed E-state index contributed by atoms with van der Waals surface area (Å²) < 4.78 is 33.8. The van der Waals surface area contributed by atoms with Crippen LogP contribution >= 0.6 is 0 Å². The number of sulfonamides is 1. The van der Waals surface area contributed by atoms with Crippen LogP contribution < -0.4 is 14.8 Å². The maximum Gasteiger partial charge on any atom is 0.270 e. The van der Waals surface area contributed by atoms with Gasteiger partial charge in [0.15, 0.2) is 0 Å². The second-order valence-electron chi connectivity index (χ2n) is 6.72. The number of rotatable bonds is 7. The number of nitrogens with zero attached hydrogens (tertiary/aromatic N) is 1. The van der Waals surface area contributed by atoms with Crippen molar-refractivity contribution >= 4 is 27.1 Å². The monoisotopic (exact) mass is 405 g/mol. The molecule has 1 aliphatic carbocycles. The number of para-hydroxylation sites is 2. The third kappa shape index (κ3) is 4.53. The fraction of sp³-hybridized carbons (Fsp3) is 0.368. The number of benzene rings is 2. The van der Waals surface area contributed by atoms with Crippen LogP contribution in [0.5, 0.6) is 5.75 Å². The fourth-order valence-corrected chi connectivity index (χ4v) is 4.62. The second-order valence-corrected chi connectivity index (χ2v) is 8.37. The Hall–Kier alpha value is -2.81. The molecule has 0 aromatic heterocycles. The standard InChI is InChI=1S/C19H23N3O5S/c1-27-18-10-6-5-9-16(18)21-28(25,26)19-13-15(22(23)24)11-12-17(19)20-14-7-3-2-4-8-14/h5-6,9-14,20-21H,2-4,7-8H2,1H3. The Bertz CT molecular complexity index is 956. The van der Waals surface area contributed by atoms with Crippen LogP contribution in [0.15, 0.2) is 47.4 Å². The van der Waals surface area contributed by atoms with E-state index in [-0.39, 0.29) is 22.3 Å². The van der Waals surface area contributed by atoms with E-state index in [9.17, 15) is 18.5 Å². The van der Waals surface area contributed by atoms with Gasteiger partial charge in [-0.25, -0.2) is 8.42 Å². The molecule has 1 fully saturated rings. The van der Waals surface area contributed by atoms with Crippen LogP contribution in [0.3, 0.4) is 0 Å². The zero-order chi connectivity index (χ0) is 20.1. The summed E-state index contributed by atoms with van der Waals surface area (Å²) in [6.07, 6.45) is 5.20. The second kappa shape index (κ2) is 8.47. The van der Waals surface area contributed by atoms with Crippen molar-refractivity contribution in [1.29, 1.82) is 0 Å². The highest BCUT2D eigenvalue weighted by Gasteiger charge is 2.25. The maximum atomic E-state index is 13.1. The first-order valence-corrected chi connectivity index (χ1v) is 10.6. The Balaban J connectivity index is 1.98. The van der Waals surface area contributed by atoms with Crippen LogP contribution in [-0.4, -0.2) is 26.5 Å². The Kier molecular flexibility index (Phi) is 6.03. The third-order valence-electron chi connectivity index (χ3n) is 4.78. The SMILES string of the molecule is COc1ccccc1NS(=O)(=O)c1cc([N+](=O)[O-])ccc1NC1CCCCC1. The van der Waals surface area contributed by atoms with E-state index in [4.69, 9.17) is 4.74 Å². The highest BCUT2D eigenvalue weighted by molar-refractivity contribution is 7.93. The lowest BCUT2D eigenvalue weighted by molar-refractivity contribution is -0.385. The summed E-state index contributed by atoms with van der Waals surface area (Å²) in [5, 5.41) is 14.5. The molecule has 0 aliphatic heterocycles. The van der Waals surface area contributed by atoms with Gasteiger partial charge in [-0.2, -0.15) is 0 Å². The van der Waals surface area contributed by atoms with Crippen molar-refractivity contribution in [2.24, 2.45) is 0 Å². The molecule has 0 heterocycles. The number of nitro benzene ring substituents is 1. The van der Waals surface area contributed by atoms with E-state index in [0.29, 0.717) is 11.4 Å². The van der Waals surface area contributed by atoms with Gasteiger partial charge in [0.05, 0.1) is 23.4 Å². The van der Waals surface area contributed by atoms with Crippen LogP contribution in [-0.2, 0) is 10.0 Å². The minimum Gasteiger partial charge on any atom is -0.495 e. The predicted octanol–water partition coefficient (Wildman–Crippen LogP) is 4.15. The molecule has 0 bridgehead atoms. The Morgan fingerprint density at radius 3 is 2.46 bits per heavy atom. The van der Waals surface area contributed by atoms with Crippen molar-refractivity contribution < 1.29 is 18.1 Å². The fourth-order valence-electron chi connectivity index (χ4n) is 3.36. The number of hydrogen-bond donors (Lipinski definition) is 2. The molecule has 28 heavy (non-hydrogen) atoms. The predicted molar refractivity (Wildman–Crippen MR) is 107 cm³/mol. The summed E-state index contributed by atoms with van der Waals surface area (Å²) in [6, 6.07) is 10.6. The largest absolute Gasteiger partial charge is 0.495 e. The first kappa shape index (κ1) is 19.9. The molecular weight excluding hydrogens is 382 g/mol. The van der Waals surface area contributed by atoms with E-state index in [2.05, 4.69) is 10.0 Å². The smallest absolute Gasteiger partial charge is 0.270 e. The van der Waals surface area contributed by atoms with Gasteiger partial charge in [-0.3, -0.25) is 14.8 Å². The van der Waals surface area contributed by atoms with Gasteiger partial charge in [-0.15, -0.1) is 0 Å². The zero-order valence-electron chi connectivity index (χ0n) is 15.6. The van der Waals surface area contributed by atoms with E-state index in [1.165, 1.54) is 25.7 Å². The van der Waals surface area contributed by atoms with Crippen molar-refractivity contribution in [3.63, 3.8) is 0 Å². The molecule has 8 nitrogen and oxygen atoms in total. The van der Waals surface area contributed by atoms with Gasteiger partial charge in [0.1, 0.15) is 10.6 Å². The molecule has 0 radical (unpaired) electrons. The van der Waals surface area contributed by atoms with Gasteiger partial charge in [0.2, 0.25) is 0 Å². The van der Waals surface area contributed by atoms with Gasteiger partial charge in [0, 0.05) is 18.2 Å². The number of hydrogen-bond acceptors (Lipinski definition) is 6. The summed E-state index contributed by atoms with van der Waals surface area (Å²) in [6.45, 7) is 0. The van der Waals surface area contributed by atoms with Crippen LogP contribution in [0, 0.1) is 10.1 Å². The minimum atomic E-state index is -4.08. The average Bonchev–Trinajstić information content (AvgIpc) is 2.69. The zero-order valence-corrected chi connectivity index (χ0v) is 16.4. The van der Waals surface area contributed by atoms with E-state index in [0.717, 1.165) is 31.7 Å². The van der Waals surface area contributed by atoms with Crippen molar-refractivity contribution in [2.45, 2.75) is 43.0 Å². The number of nitro groups is 1. The molecule has 1 aliphatic rings. The Morgan fingerprint density at radius 1 is 1.07 bits per heavy atom. The molecule has 3 rings (SSSR count). The van der Waals surface area contributed by atoms with Crippen molar-refractivity contribution in [3.8, 4) is 5.75 Å². The number of anilines is 2. The molecule has 0 saturated heterocycles. The molecule has 0 spiro atoms. The maximum absolute atomic E-state index is 13.1. The molecule has 1 saturated carbocycles. The first-order chi connectivity index (χ1) is 13.4. The first-order valence-electron chi connectivity index (χ1n) is 9.11. The van der Waals surface area contributed by atoms with E-state index >= 15 is 0 Å². The molecule has 150 valence electrons. The molecular formula is C19H23N3O5S. The average molecular weight is 405 g/mol. The summed E-state index contributed by atoms with van der Waals surface area (Å²) in [5.41, 5.74) is 0.342. The van der Waals surface area contributed by atoms with Gasteiger partial charge < -0.3 is 10.1 Å². The number of ether oxygens (including phenoxy) is 1. The minimum absolute atomic E-state index is 0.149. The van der Waals surface area contributed by atoms with Crippen molar-refractivity contribution in [1.82, 2.24) is 0 Å². The molecule has 9 heteroatoms. The molecule has 2 aromatic rings. The van der Waals surface area contributed by atoms with Crippen LogP contribution in [0.4, 0.5) is 17.1 Å². The Labute approximate surface area is 164 Å². The molecule has 0 amide bonds. The quantitative estimate of drug-likeness (QED) is 0.529. The lowest BCUT2D eigenvalue weighted by atomic mass is 9.95. The highest BCUT2D eigenvalue weighted by Crippen LogP contribution is 2.32. The van der Waals surface area contributed by atoms with Crippen LogP contribution in [0.2, 0.25) is 0 Å². The van der Waals surface area contributed by atoms with E-state index in [1.54, 1.807) is 24.3 Å². The highest BCUT2D eigenvalue weighted by atomic mass is 32.2. The normalized spacial score (nSPS) is 15.0. The molecule has 0 atom stereocenters. The van der Waals surface area contributed by atoms with Crippen LogP contribution in [0.1, 0.15) is 32.1 Å². The summed E-state index contributed by atoms with van der Waals surface area (Å²) in [4.78, 5) is 10.4. The molecule has 2 aromatic carbocycles. The summed E-state index contributed by atoms with van der Waals surface area (Å²) in [7, 11) is -2.64. The number of non-ortho nitro benzene ring substituents is 1. The lowest BCUT2D eigenvalue weighted by Gasteiger charge is -2.25. The van der Waals surface area contributed by atoms with Crippen LogP contribution in [0.25, 0.3) is 0 Å². The van der Waals surface area contributed by atoms with Gasteiger partial charge >= 0.3 is 0 Å². The lowest BCUT2D eigenvalue weighted by Crippen LogP contribution is -2.24. The Morgan fingerprint density at radius 2 is 1.79 bits per heavy atom. The van der Waals surface area contributed by atoms with E-state index < -0.39 is 14.9 Å². The topological polar surface area (TPSA) is 111 Å². The van der Waals surface area contributed by atoms with Gasteiger partial charge in [0.25, 0.3) is 15.7 Å². The number of methoxy groups -OCH3 is 1. The molecule has 0 unspecified atom stereocenters.